The van der Waals surface area contributed by atoms with E-state index < -0.39 is 0 Å². The lowest BCUT2D eigenvalue weighted by Gasteiger charge is -2.03. The Morgan fingerprint density at radius 3 is 2.87 bits per heavy atom. The SMILES string of the molecule is CCCCOCCNCc1nnc(C)o1. The maximum atomic E-state index is 5.39. The fraction of sp³-hybridized carbons (Fsp3) is 0.800. The number of nitrogens with one attached hydrogen (secondary N) is 1. The van der Waals surface area contributed by atoms with Crippen LogP contribution in [0, 0.1) is 6.92 Å². The molecule has 1 N–H and O–H groups in total. The molecule has 0 fully saturated rings. The van der Waals surface area contributed by atoms with Gasteiger partial charge in [0.15, 0.2) is 0 Å². The minimum absolute atomic E-state index is 0.603. The second-order valence-electron chi connectivity index (χ2n) is 3.36. The molecule has 5 nitrogen and oxygen atoms in total. The number of hydrogen-bond acceptors (Lipinski definition) is 5. The fourth-order valence-electron chi connectivity index (χ4n) is 1.10. The summed E-state index contributed by atoms with van der Waals surface area (Å²) in [5, 5.41) is 10.8. The van der Waals surface area contributed by atoms with Crippen LogP contribution < -0.4 is 5.32 Å². The van der Waals surface area contributed by atoms with Crippen molar-refractivity contribution in [1.29, 1.82) is 0 Å². The van der Waals surface area contributed by atoms with Crippen molar-refractivity contribution in [2.75, 3.05) is 19.8 Å². The minimum atomic E-state index is 0.603. The third kappa shape index (κ3) is 5.49. The fourth-order valence-corrected chi connectivity index (χ4v) is 1.10. The van der Waals surface area contributed by atoms with Crippen molar-refractivity contribution >= 4 is 0 Å². The van der Waals surface area contributed by atoms with E-state index in [9.17, 15) is 0 Å². The number of ether oxygens (including phenoxy) is 1. The van der Waals surface area contributed by atoms with E-state index in [0.29, 0.717) is 18.3 Å². The van der Waals surface area contributed by atoms with Crippen LogP contribution in [0.3, 0.4) is 0 Å². The first-order chi connectivity index (χ1) is 7.33. The van der Waals surface area contributed by atoms with Crippen LogP contribution >= 0.6 is 0 Å². The Bertz CT molecular complexity index is 263. The highest BCUT2D eigenvalue weighted by Gasteiger charge is 2.00. The van der Waals surface area contributed by atoms with Gasteiger partial charge in [-0.2, -0.15) is 0 Å². The van der Waals surface area contributed by atoms with E-state index >= 15 is 0 Å². The molecule has 0 aliphatic heterocycles. The summed E-state index contributed by atoms with van der Waals surface area (Å²) in [7, 11) is 0. The molecule has 1 heterocycles. The zero-order valence-electron chi connectivity index (χ0n) is 9.45. The number of aryl methyl sites for hydroxylation is 1. The van der Waals surface area contributed by atoms with Gasteiger partial charge in [-0.3, -0.25) is 0 Å². The molecule has 0 unspecified atom stereocenters. The quantitative estimate of drug-likeness (QED) is 0.659. The second-order valence-corrected chi connectivity index (χ2v) is 3.36. The molecule has 15 heavy (non-hydrogen) atoms. The summed E-state index contributed by atoms with van der Waals surface area (Å²) in [5.74, 6) is 1.23. The minimum Gasteiger partial charge on any atom is -0.424 e. The number of aromatic nitrogens is 2. The lowest BCUT2D eigenvalue weighted by Crippen LogP contribution is -2.19. The monoisotopic (exact) mass is 213 g/mol. The van der Waals surface area contributed by atoms with E-state index in [1.807, 2.05) is 0 Å². The van der Waals surface area contributed by atoms with Crippen LogP contribution in [0.1, 0.15) is 31.5 Å². The Morgan fingerprint density at radius 2 is 2.20 bits per heavy atom. The van der Waals surface area contributed by atoms with E-state index in [4.69, 9.17) is 9.15 Å². The molecular weight excluding hydrogens is 194 g/mol. The maximum absolute atomic E-state index is 5.39. The largest absolute Gasteiger partial charge is 0.424 e. The van der Waals surface area contributed by atoms with Crippen LogP contribution in [0.25, 0.3) is 0 Å². The van der Waals surface area contributed by atoms with Gasteiger partial charge in [-0.1, -0.05) is 13.3 Å². The van der Waals surface area contributed by atoms with E-state index in [-0.39, 0.29) is 0 Å². The van der Waals surface area contributed by atoms with Crippen molar-refractivity contribution in [3.63, 3.8) is 0 Å². The number of unbranched alkanes of at least 4 members (excludes halogenated alkanes) is 1. The van der Waals surface area contributed by atoms with Crippen molar-refractivity contribution in [3.05, 3.63) is 11.8 Å². The van der Waals surface area contributed by atoms with E-state index in [2.05, 4.69) is 22.4 Å². The Balaban J connectivity index is 1.93. The van der Waals surface area contributed by atoms with Crippen LogP contribution in [0.2, 0.25) is 0 Å². The molecule has 0 saturated carbocycles. The molecule has 0 aliphatic rings. The highest BCUT2D eigenvalue weighted by atomic mass is 16.5. The van der Waals surface area contributed by atoms with Crippen molar-refractivity contribution in [1.82, 2.24) is 15.5 Å². The summed E-state index contributed by atoms with van der Waals surface area (Å²) in [5.41, 5.74) is 0. The van der Waals surface area contributed by atoms with Gasteiger partial charge in [-0.15, -0.1) is 10.2 Å². The molecule has 0 saturated heterocycles. The van der Waals surface area contributed by atoms with Crippen LogP contribution in [0.4, 0.5) is 0 Å². The van der Waals surface area contributed by atoms with Crippen molar-refractivity contribution in [2.24, 2.45) is 0 Å². The van der Waals surface area contributed by atoms with Crippen LogP contribution in [0.5, 0.6) is 0 Å². The number of rotatable bonds is 8. The smallest absolute Gasteiger partial charge is 0.230 e. The molecule has 0 radical (unpaired) electrons. The first-order valence-corrected chi connectivity index (χ1v) is 5.40. The molecule has 0 spiro atoms. The predicted octanol–water partition coefficient (Wildman–Crippen LogP) is 1.28. The Kier molecular flexibility index (Phi) is 5.96. The Labute approximate surface area is 90.2 Å². The van der Waals surface area contributed by atoms with Gasteiger partial charge in [0.2, 0.25) is 11.8 Å². The topological polar surface area (TPSA) is 60.2 Å². The van der Waals surface area contributed by atoms with Gasteiger partial charge in [-0.05, 0) is 6.42 Å². The van der Waals surface area contributed by atoms with Gasteiger partial charge < -0.3 is 14.5 Å². The molecule has 1 rings (SSSR count). The highest BCUT2D eigenvalue weighted by Crippen LogP contribution is 1.96. The predicted molar refractivity (Wildman–Crippen MR) is 56.5 cm³/mol. The summed E-state index contributed by atoms with van der Waals surface area (Å²) >= 11 is 0. The molecule has 0 aliphatic carbocycles. The van der Waals surface area contributed by atoms with E-state index in [0.717, 1.165) is 26.2 Å². The lowest BCUT2D eigenvalue weighted by atomic mass is 10.4. The molecule has 1 aromatic rings. The van der Waals surface area contributed by atoms with E-state index in [1.54, 1.807) is 6.92 Å². The molecule has 0 bridgehead atoms. The molecule has 86 valence electrons. The second kappa shape index (κ2) is 7.36. The third-order valence-corrected chi connectivity index (χ3v) is 1.91. The molecule has 0 aromatic carbocycles. The maximum Gasteiger partial charge on any atom is 0.230 e. The number of hydrogen-bond donors (Lipinski definition) is 1. The summed E-state index contributed by atoms with van der Waals surface area (Å²) in [4.78, 5) is 0. The van der Waals surface area contributed by atoms with Gasteiger partial charge in [0.25, 0.3) is 0 Å². The van der Waals surface area contributed by atoms with Gasteiger partial charge in [0.05, 0.1) is 13.2 Å². The van der Waals surface area contributed by atoms with Crippen LogP contribution in [0.15, 0.2) is 4.42 Å². The van der Waals surface area contributed by atoms with Crippen LogP contribution in [-0.2, 0) is 11.3 Å². The molecular formula is C10H19N3O2. The van der Waals surface area contributed by atoms with Gasteiger partial charge in [-0.25, -0.2) is 0 Å². The third-order valence-electron chi connectivity index (χ3n) is 1.91. The lowest BCUT2D eigenvalue weighted by molar-refractivity contribution is 0.132. The molecule has 0 amide bonds. The number of nitrogens with zero attached hydrogens (tertiary/aromatic N) is 2. The Hall–Kier alpha value is -0.940. The normalized spacial score (nSPS) is 10.8. The highest BCUT2D eigenvalue weighted by molar-refractivity contribution is 4.77. The average Bonchev–Trinajstić information content (AvgIpc) is 2.63. The van der Waals surface area contributed by atoms with Gasteiger partial charge >= 0.3 is 0 Å². The first-order valence-electron chi connectivity index (χ1n) is 5.40. The Morgan fingerprint density at radius 1 is 1.33 bits per heavy atom. The summed E-state index contributed by atoms with van der Waals surface area (Å²) in [6.07, 6.45) is 2.30. The molecule has 0 atom stereocenters. The zero-order chi connectivity index (χ0) is 10.9. The average molecular weight is 213 g/mol. The van der Waals surface area contributed by atoms with Gasteiger partial charge in [0, 0.05) is 20.1 Å². The van der Waals surface area contributed by atoms with Crippen molar-refractivity contribution < 1.29 is 9.15 Å². The van der Waals surface area contributed by atoms with Crippen LogP contribution in [-0.4, -0.2) is 30.0 Å². The van der Waals surface area contributed by atoms with E-state index in [1.165, 1.54) is 6.42 Å². The first kappa shape index (κ1) is 12.1. The summed E-state index contributed by atoms with van der Waals surface area (Å²) in [6, 6.07) is 0. The molecule has 1 aromatic heterocycles. The molecule has 5 heteroatoms. The zero-order valence-corrected chi connectivity index (χ0v) is 9.45. The van der Waals surface area contributed by atoms with Crippen molar-refractivity contribution in [2.45, 2.75) is 33.2 Å². The standard InChI is InChI=1S/C10H19N3O2/c1-3-4-6-14-7-5-11-8-10-13-12-9(2)15-10/h11H,3-8H2,1-2H3. The van der Waals surface area contributed by atoms with Gasteiger partial charge in [0.1, 0.15) is 0 Å². The van der Waals surface area contributed by atoms with Crippen molar-refractivity contribution in [3.8, 4) is 0 Å². The summed E-state index contributed by atoms with van der Waals surface area (Å²) in [6.45, 7) is 6.93. The summed E-state index contributed by atoms with van der Waals surface area (Å²) < 4.78 is 10.6.